The molecule has 0 spiro atoms. The Hall–Kier alpha value is -2.26. The monoisotopic (exact) mass is 399 g/mol. The molecule has 0 unspecified atom stereocenters. The molecule has 10 heteroatoms. The molecule has 152 valence electrons. The van der Waals surface area contributed by atoms with Gasteiger partial charge in [0, 0.05) is 24.9 Å². The van der Waals surface area contributed by atoms with Gasteiger partial charge in [-0.05, 0) is 18.9 Å². The van der Waals surface area contributed by atoms with Crippen molar-refractivity contribution in [1.29, 1.82) is 0 Å². The maximum absolute atomic E-state index is 13.2. The van der Waals surface area contributed by atoms with Gasteiger partial charge in [-0.15, -0.1) is 0 Å². The molecule has 0 fully saturated rings. The second-order valence-corrected chi connectivity index (χ2v) is 5.70. The van der Waals surface area contributed by atoms with Crippen molar-refractivity contribution in [2.24, 2.45) is 0 Å². The Kier molecular flexibility index (Phi) is 8.11. The number of amides is 1. The average Bonchev–Trinajstić information content (AvgIpc) is 2.56. The molecule has 0 saturated heterocycles. The number of nitrogens with one attached hydrogen (secondary N) is 1. The number of rotatable bonds is 8. The fourth-order valence-electron chi connectivity index (χ4n) is 2.23. The van der Waals surface area contributed by atoms with Crippen molar-refractivity contribution in [3.05, 3.63) is 35.4 Å². The van der Waals surface area contributed by atoms with Gasteiger partial charge in [0.15, 0.2) is 0 Å². The van der Waals surface area contributed by atoms with E-state index in [1.807, 2.05) is 6.92 Å². The smallest absolute Gasteiger partial charge is 0.429 e. The van der Waals surface area contributed by atoms with Gasteiger partial charge in [-0.1, -0.05) is 25.1 Å². The molecule has 0 aromatic heterocycles. The van der Waals surface area contributed by atoms with Crippen LogP contribution >= 0.6 is 0 Å². The van der Waals surface area contributed by atoms with Crippen LogP contribution in [0.25, 0.3) is 0 Å². The third kappa shape index (κ3) is 7.48. The number of carbonyl (C=O) groups is 2. The fraction of sp³-hybridized carbons (Fsp3) is 0.529. The molecule has 27 heavy (non-hydrogen) atoms. The lowest BCUT2D eigenvalue weighted by Gasteiger charge is -2.24. The van der Waals surface area contributed by atoms with E-state index in [0.717, 1.165) is 12.1 Å². The molecule has 0 aliphatic carbocycles. The van der Waals surface area contributed by atoms with Crippen molar-refractivity contribution >= 4 is 11.9 Å². The van der Waals surface area contributed by atoms with Gasteiger partial charge in [0.05, 0.1) is 5.56 Å². The number of esters is 1. The molecule has 1 atom stereocenters. The van der Waals surface area contributed by atoms with E-state index in [2.05, 4.69) is 10.1 Å². The molecule has 1 rings (SSSR count). The standard InChI is InChI=1S/C17H19F6NO3/c1-2-10-24-13(25)8-5-9-14(26)27-15(17(21,22)23)11-6-3-4-7-12(11)16(18,19)20/h3-4,6-7,15H,2,5,8-10H2,1H3,(H,24,25)/t15-/m1/s1. The summed E-state index contributed by atoms with van der Waals surface area (Å²) in [6.07, 6.45) is -13.3. The summed E-state index contributed by atoms with van der Waals surface area (Å²) in [5.41, 5.74) is -2.72. The Morgan fingerprint density at radius 3 is 2.26 bits per heavy atom. The highest BCUT2D eigenvalue weighted by Crippen LogP contribution is 2.42. The Labute approximate surface area is 151 Å². The van der Waals surface area contributed by atoms with Gasteiger partial charge < -0.3 is 10.1 Å². The summed E-state index contributed by atoms with van der Waals surface area (Å²) < 4.78 is 82.9. The molecule has 0 saturated carbocycles. The van der Waals surface area contributed by atoms with Crippen LogP contribution in [-0.2, 0) is 20.5 Å². The Balaban J connectivity index is 2.84. The fourth-order valence-corrected chi connectivity index (χ4v) is 2.23. The minimum Gasteiger partial charge on any atom is -0.448 e. The minimum atomic E-state index is -5.23. The predicted molar refractivity (Wildman–Crippen MR) is 83.5 cm³/mol. The molecule has 1 aromatic rings. The minimum absolute atomic E-state index is 0.0835. The normalized spacial score (nSPS) is 13.1. The molecule has 1 amide bonds. The first-order chi connectivity index (χ1) is 12.5. The van der Waals surface area contributed by atoms with Crippen LogP contribution in [0.15, 0.2) is 24.3 Å². The number of benzene rings is 1. The second kappa shape index (κ2) is 9.61. The Morgan fingerprint density at radius 2 is 1.70 bits per heavy atom. The Morgan fingerprint density at radius 1 is 1.07 bits per heavy atom. The van der Waals surface area contributed by atoms with Gasteiger partial charge in [0.25, 0.3) is 0 Å². The zero-order valence-electron chi connectivity index (χ0n) is 14.4. The van der Waals surface area contributed by atoms with E-state index in [9.17, 15) is 35.9 Å². The quantitative estimate of drug-likeness (QED) is 0.516. The van der Waals surface area contributed by atoms with Gasteiger partial charge in [-0.3, -0.25) is 9.59 Å². The predicted octanol–water partition coefficient (Wildman–Crippen LogP) is 4.55. The van der Waals surface area contributed by atoms with Crippen LogP contribution in [-0.4, -0.2) is 24.6 Å². The lowest BCUT2D eigenvalue weighted by Crippen LogP contribution is -2.28. The highest BCUT2D eigenvalue weighted by atomic mass is 19.4. The second-order valence-electron chi connectivity index (χ2n) is 5.70. The third-order valence-electron chi connectivity index (χ3n) is 3.45. The first-order valence-electron chi connectivity index (χ1n) is 8.15. The van der Waals surface area contributed by atoms with Crippen molar-refractivity contribution in [2.75, 3.05) is 6.54 Å². The summed E-state index contributed by atoms with van der Waals surface area (Å²) in [5, 5.41) is 2.52. The van der Waals surface area contributed by atoms with Gasteiger partial charge in [-0.2, -0.15) is 26.3 Å². The Bertz CT molecular complexity index is 642. The summed E-state index contributed by atoms with van der Waals surface area (Å²) in [6, 6.07) is 3.04. The van der Waals surface area contributed by atoms with Crippen LogP contribution < -0.4 is 5.32 Å². The summed E-state index contributed by atoms with van der Waals surface area (Å²) in [4.78, 5) is 23.1. The molecule has 0 aliphatic heterocycles. The number of hydrogen-bond acceptors (Lipinski definition) is 3. The number of halogens is 6. The van der Waals surface area contributed by atoms with Crippen molar-refractivity contribution in [3.8, 4) is 0 Å². The van der Waals surface area contributed by atoms with Gasteiger partial charge in [-0.25, -0.2) is 0 Å². The largest absolute Gasteiger partial charge is 0.448 e. The lowest BCUT2D eigenvalue weighted by molar-refractivity contribution is -0.226. The zero-order valence-corrected chi connectivity index (χ0v) is 14.4. The first kappa shape index (κ1) is 22.8. The maximum atomic E-state index is 13.2. The van der Waals surface area contributed by atoms with E-state index in [1.165, 1.54) is 0 Å². The molecule has 0 bridgehead atoms. The molecule has 0 radical (unpaired) electrons. The maximum Gasteiger partial charge on any atom is 0.429 e. The number of hydrogen-bond donors (Lipinski definition) is 1. The number of carbonyl (C=O) groups excluding carboxylic acids is 2. The topological polar surface area (TPSA) is 55.4 Å². The van der Waals surface area contributed by atoms with Crippen molar-refractivity contribution in [3.63, 3.8) is 0 Å². The van der Waals surface area contributed by atoms with E-state index < -0.39 is 42.0 Å². The zero-order chi connectivity index (χ0) is 20.7. The summed E-state index contributed by atoms with van der Waals surface area (Å²) in [7, 11) is 0. The van der Waals surface area contributed by atoms with Gasteiger partial charge in [0.2, 0.25) is 12.0 Å². The van der Waals surface area contributed by atoms with Crippen molar-refractivity contribution in [2.45, 2.75) is 51.1 Å². The average molecular weight is 399 g/mol. The molecular formula is C17H19F6NO3. The third-order valence-corrected chi connectivity index (χ3v) is 3.45. The van der Waals surface area contributed by atoms with Gasteiger partial charge >= 0.3 is 18.3 Å². The van der Waals surface area contributed by atoms with E-state index in [4.69, 9.17) is 0 Å². The highest BCUT2D eigenvalue weighted by molar-refractivity contribution is 5.77. The SMILES string of the molecule is CCCNC(=O)CCCC(=O)O[C@H](c1ccccc1C(F)(F)F)C(F)(F)F. The summed E-state index contributed by atoms with van der Waals surface area (Å²) >= 11 is 0. The first-order valence-corrected chi connectivity index (χ1v) is 8.15. The number of alkyl halides is 6. The van der Waals surface area contributed by atoms with Crippen LogP contribution in [0.1, 0.15) is 49.8 Å². The van der Waals surface area contributed by atoms with Crippen LogP contribution in [0.5, 0.6) is 0 Å². The van der Waals surface area contributed by atoms with E-state index in [-0.39, 0.29) is 18.7 Å². The molecule has 4 nitrogen and oxygen atoms in total. The highest BCUT2D eigenvalue weighted by Gasteiger charge is 2.48. The summed E-state index contributed by atoms with van der Waals surface area (Å²) in [6.45, 7) is 2.25. The van der Waals surface area contributed by atoms with Crippen LogP contribution in [0.4, 0.5) is 26.3 Å². The molecule has 1 N–H and O–H groups in total. The van der Waals surface area contributed by atoms with Gasteiger partial charge in [0.1, 0.15) is 0 Å². The van der Waals surface area contributed by atoms with E-state index in [1.54, 1.807) is 0 Å². The van der Waals surface area contributed by atoms with Crippen LogP contribution in [0.3, 0.4) is 0 Å². The number of ether oxygens (including phenoxy) is 1. The van der Waals surface area contributed by atoms with Crippen LogP contribution in [0.2, 0.25) is 0 Å². The molecule has 0 heterocycles. The van der Waals surface area contributed by atoms with Crippen LogP contribution in [0, 0.1) is 0 Å². The lowest BCUT2D eigenvalue weighted by atomic mass is 10.0. The molecule has 1 aromatic carbocycles. The van der Waals surface area contributed by atoms with E-state index >= 15 is 0 Å². The van der Waals surface area contributed by atoms with Crippen molar-refractivity contribution in [1.82, 2.24) is 5.32 Å². The molecular weight excluding hydrogens is 380 g/mol. The van der Waals surface area contributed by atoms with E-state index in [0.29, 0.717) is 25.1 Å². The molecule has 0 aliphatic rings. The van der Waals surface area contributed by atoms with Crippen molar-refractivity contribution < 1.29 is 40.7 Å². The summed E-state index contributed by atoms with van der Waals surface area (Å²) in [5.74, 6) is -1.71.